The largest absolute Gasteiger partial charge is 0.497 e. The summed E-state index contributed by atoms with van der Waals surface area (Å²) in [6, 6.07) is 6.58. The van der Waals surface area contributed by atoms with Crippen molar-refractivity contribution in [1.82, 2.24) is 9.78 Å². The number of methoxy groups -OCH3 is 1. The van der Waals surface area contributed by atoms with E-state index in [2.05, 4.69) is 9.82 Å². The van der Waals surface area contributed by atoms with Crippen molar-refractivity contribution in [1.29, 1.82) is 0 Å². The third kappa shape index (κ3) is 3.65. The molecule has 0 bridgehead atoms. The Balaban J connectivity index is 1.76. The topological polar surface area (TPSA) is 82.5 Å². The zero-order chi connectivity index (χ0) is 16.3. The van der Waals surface area contributed by atoms with Gasteiger partial charge in [0.1, 0.15) is 5.75 Å². The number of aromatic nitrogens is 2. The van der Waals surface area contributed by atoms with E-state index in [0.717, 1.165) is 12.8 Å². The predicted molar refractivity (Wildman–Crippen MR) is 85.1 cm³/mol. The molecule has 1 N–H and O–H groups in total. The smallest absolute Gasteiger partial charge is 0.262 e. The number of hydrogen-bond acceptors (Lipinski definition) is 5. The molecule has 2 heterocycles. The first kappa shape index (κ1) is 15.8. The SMILES string of the molecule is COc1cccc(S(=O)(=O)Nc2cnn(C3CCOCC3)c2)c1. The van der Waals surface area contributed by atoms with E-state index in [-0.39, 0.29) is 10.9 Å². The second-order valence-electron chi connectivity index (χ2n) is 5.34. The van der Waals surface area contributed by atoms with Crippen molar-refractivity contribution in [2.75, 3.05) is 25.0 Å². The minimum absolute atomic E-state index is 0.149. The Morgan fingerprint density at radius 1 is 1.35 bits per heavy atom. The summed E-state index contributed by atoms with van der Waals surface area (Å²) in [5.41, 5.74) is 0.444. The van der Waals surface area contributed by atoms with Crippen LogP contribution in [0.15, 0.2) is 41.6 Å². The van der Waals surface area contributed by atoms with Crippen LogP contribution in [-0.2, 0) is 14.8 Å². The fourth-order valence-electron chi connectivity index (χ4n) is 2.52. The molecule has 1 saturated heterocycles. The molecule has 0 spiro atoms. The van der Waals surface area contributed by atoms with Gasteiger partial charge in [-0.3, -0.25) is 9.40 Å². The van der Waals surface area contributed by atoms with E-state index in [9.17, 15) is 8.42 Å². The van der Waals surface area contributed by atoms with Crippen LogP contribution >= 0.6 is 0 Å². The predicted octanol–water partition coefficient (Wildman–Crippen LogP) is 2.04. The van der Waals surface area contributed by atoms with Crippen LogP contribution in [0.1, 0.15) is 18.9 Å². The van der Waals surface area contributed by atoms with Crippen molar-refractivity contribution in [3.8, 4) is 5.75 Å². The van der Waals surface area contributed by atoms with Gasteiger partial charge in [0.2, 0.25) is 0 Å². The molecule has 0 aliphatic carbocycles. The van der Waals surface area contributed by atoms with Crippen LogP contribution < -0.4 is 9.46 Å². The molecule has 23 heavy (non-hydrogen) atoms. The number of rotatable bonds is 5. The van der Waals surface area contributed by atoms with E-state index in [1.54, 1.807) is 23.0 Å². The molecule has 0 atom stereocenters. The lowest BCUT2D eigenvalue weighted by Gasteiger charge is -2.22. The molecule has 8 heteroatoms. The second kappa shape index (κ2) is 6.59. The number of nitrogens with zero attached hydrogens (tertiary/aromatic N) is 2. The van der Waals surface area contributed by atoms with Crippen LogP contribution in [0.25, 0.3) is 0 Å². The third-order valence-corrected chi connectivity index (χ3v) is 5.15. The average molecular weight is 337 g/mol. The van der Waals surface area contributed by atoms with Gasteiger partial charge in [-0.15, -0.1) is 0 Å². The number of benzene rings is 1. The van der Waals surface area contributed by atoms with Gasteiger partial charge >= 0.3 is 0 Å². The Morgan fingerprint density at radius 2 is 2.13 bits per heavy atom. The summed E-state index contributed by atoms with van der Waals surface area (Å²) >= 11 is 0. The Hall–Kier alpha value is -2.06. The van der Waals surface area contributed by atoms with Crippen LogP contribution in [0.3, 0.4) is 0 Å². The van der Waals surface area contributed by atoms with E-state index in [1.165, 1.54) is 25.4 Å². The minimum Gasteiger partial charge on any atom is -0.497 e. The molecule has 7 nitrogen and oxygen atoms in total. The van der Waals surface area contributed by atoms with Gasteiger partial charge in [-0.25, -0.2) is 8.42 Å². The van der Waals surface area contributed by atoms with Crippen molar-refractivity contribution < 1.29 is 17.9 Å². The molecule has 2 aromatic rings. The molecule has 0 radical (unpaired) electrons. The first-order chi connectivity index (χ1) is 11.1. The molecule has 1 aliphatic heterocycles. The molecule has 0 saturated carbocycles. The first-order valence-electron chi connectivity index (χ1n) is 7.37. The maximum Gasteiger partial charge on any atom is 0.262 e. The summed E-state index contributed by atoms with van der Waals surface area (Å²) in [6.07, 6.45) is 4.99. The van der Waals surface area contributed by atoms with Crippen LogP contribution in [0, 0.1) is 0 Å². The Bertz CT molecular complexity index is 767. The molecule has 1 aromatic heterocycles. The molecule has 1 aliphatic rings. The Labute approximate surface area is 135 Å². The summed E-state index contributed by atoms with van der Waals surface area (Å²) in [7, 11) is -2.17. The fourth-order valence-corrected chi connectivity index (χ4v) is 3.59. The second-order valence-corrected chi connectivity index (χ2v) is 7.02. The van der Waals surface area contributed by atoms with Gasteiger partial charge in [0.05, 0.1) is 29.9 Å². The highest BCUT2D eigenvalue weighted by molar-refractivity contribution is 7.92. The highest BCUT2D eigenvalue weighted by Gasteiger charge is 2.19. The van der Waals surface area contributed by atoms with Gasteiger partial charge in [0.25, 0.3) is 10.0 Å². The van der Waals surface area contributed by atoms with Crippen molar-refractivity contribution in [3.63, 3.8) is 0 Å². The van der Waals surface area contributed by atoms with Crippen molar-refractivity contribution in [2.45, 2.75) is 23.8 Å². The van der Waals surface area contributed by atoms with E-state index in [4.69, 9.17) is 9.47 Å². The zero-order valence-electron chi connectivity index (χ0n) is 12.8. The van der Waals surface area contributed by atoms with Gasteiger partial charge < -0.3 is 9.47 Å². The van der Waals surface area contributed by atoms with E-state index >= 15 is 0 Å². The standard InChI is InChI=1S/C15H19N3O4S/c1-21-14-3-2-4-15(9-14)23(19,20)17-12-10-16-18(11-12)13-5-7-22-8-6-13/h2-4,9-11,13,17H,5-8H2,1H3. The lowest BCUT2D eigenvalue weighted by molar-refractivity contribution is 0.0662. The lowest BCUT2D eigenvalue weighted by Crippen LogP contribution is -2.19. The minimum atomic E-state index is -3.67. The number of sulfonamides is 1. The zero-order valence-corrected chi connectivity index (χ0v) is 13.6. The lowest BCUT2D eigenvalue weighted by atomic mass is 10.1. The Morgan fingerprint density at radius 3 is 2.87 bits per heavy atom. The van der Waals surface area contributed by atoms with Gasteiger partial charge in [0, 0.05) is 25.5 Å². The molecule has 1 fully saturated rings. The van der Waals surface area contributed by atoms with E-state index < -0.39 is 10.0 Å². The van der Waals surface area contributed by atoms with Gasteiger partial charge in [0.15, 0.2) is 0 Å². The summed E-state index contributed by atoms with van der Waals surface area (Å²) in [6.45, 7) is 1.41. The maximum absolute atomic E-state index is 12.4. The summed E-state index contributed by atoms with van der Waals surface area (Å²) in [5, 5.41) is 4.26. The molecule has 0 amide bonds. The van der Waals surface area contributed by atoms with Crippen LogP contribution in [0.4, 0.5) is 5.69 Å². The first-order valence-corrected chi connectivity index (χ1v) is 8.85. The van der Waals surface area contributed by atoms with E-state index in [0.29, 0.717) is 24.7 Å². The van der Waals surface area contributed by atoms with Crippen LogP contribution in [0.5, 0.6) is 5.75 Å². The molecule has 1 aromatic carbocycles. The quantitative estimate of drug-likeness (QED) is 0.903. The monoisotopic (exact) mass is 337 g/mol. The summed E-state index contributed by atoms with van der Waals surface area (Å²) in [4.78, 5) is 0.149. The number of ether oxygens (including phenoxy) is 2. The van der Waals surface area contributed by atoms with Crippen LogP contribution in [-0.4, -0.2) is 38.5 Å². The molecule has 124 valence electrons. The van der Waals surface area contributed by atoms with Crippen molar-refractivity contribution >= 4 is 15.7 Å². The fraction of sp³-hybridized carbons (Fsp3) is 0.400. The molecule has 3 rings (SSSR count). The maximum atomic E-state index is 12.4. The van der Waals surface area contributed by atoms with E-state index in [1.807, 2.05) is 0 Å². The number of hydrogen-bond donors (Lipinski definition) is 1. The molecular weight excluding hydrogens is 318 g/mol. The third-order valence-electron chi connectivity index (χ3n) is 3.77. The summed E-state index contributed by atoms with van der Waals surface area (Å²) < 4.78 is 39.6. The average Bonchev–Trinajstić information content (AvgIpc) is 3.03. The summed E-state index contributed by atoms with van der Waals surface area (Å²) in [5.74, 6) is 0.491. The highest BCUT2D eigenvalue weighted by atomic mass is 32.2. The van der Waals surface area contributed by atoms with Crippen LogP contribution in [0.2, 0.25) is 0 Å². The van der Waals surface area contributed by atoms with Gasteiger partial charge in [-0.05, 0) is 25.0 Å². The number of nitrogens with one attached hydrogen (secondary N) is 1. The normalized spacial score (nSPS) is 16.2. The number of anilines is 1. The van der Waals surface area contributed by atoms with Crippen molar-refractivity contribution in [2.24, 2.45) is 0 Å². The van der Waals surface area contributed by atoms with Gasteiger partial charge in [-0.2, -0.15) is 5.10 Å². The van der Waals surface area contributed by atoms with Gasteiger partial charge in [-0.1, -0.05) is 6.07 Å². The Kier molecular flexibility index (Phi) is 4.53. The highest BCUT2D eigenvalue weighted by Crippen LogP contribution is 2.23. The molecular formula is C15H19N3O4S. The molecule has 0 unspecified atom stereocenters. The van der Waals surface area contributed by atoms with Crippen molar-refractivity contribution in [3.05, 3.63) is 36.7 Å².